The van der Waals surface area contributed by atoms with E-state index < -0.39 is 0 Å². The van der Waals surface area contributed by atoms with Crippen LogP contribution in [0.3, 0.4) is 0 Å². The van der Waals surface area contributed by atoms with E-state index in [4.69, 9.17) is 9.97 Å². The predicted molar refractivity (Wildman–Crippen MR) is 101 cm³/mol. The van der Waals surface area contributed by atoms with Crippen molar-refractivity contribution in [2.45, 2.75) is 59.0 Å². The Bertz CT molecular complexity index is 683. The standard InChI is InChI=1S/C20H28N4/c1-4-18-10-5-6-11-24(18)20-22-16(3)13-19(23-20)21-14-17-9-7-8-15(2)12-17/h7-9,12-13,18H,4-6,10-11,14H2,1-3H3,(H,21,22,23). The first-order valence-electron chi connectivity index (χ1n) is 9.07. The molecule has 128 valence electrons. The maximum Gasteiger partial charge on any atom is 0.227 e. The fraction of sp³-hybridized carbons (Fsp3) is 0.500. The second kappa shape index (κ2) is 7.65. The number of nitrogens with zero attached hydrogens (tertiary/aromatic N) is 3. The van der Waals surface area contributed by atoms with E-state index in [2.05, 4.69) is 48.3 Å². The van der Waals surface area contributed by atoms with Gasteiger partial charge in [-0.3, -0.25) is 0 Å². The summed E-state index contributed by atoms with van der Waals surface area (Å²) in [5.41, 5.74) is 3.58. The quantitative estimate of drug-likeness (QED) is 0.881. The summed E-state index contributed by atoms with van der Waals surface area (Å²) in [6.07, 6.45) is 4.96. The first kappa shape index (κ1) is 16.7. The number of aryl methyl sites for hydroxylation is 2. The highest BCUT2D eigenvalue weighted by Crippen LogP contribution is 2.25. The summed E-state index contributed by atoms with van der Waals surface area (Å²) in [6.45, 7) is 8.29. The highest BCUT2D eigenvalue weighted by molar-refractivity contribution is 5.45. The van der Waals surface area contributed by atoms with E-state index in [0.717, 1.165) is 37.0 Å². The van der Waals surface area contributed by atoms with Crippen molar-refractivity contribution in [2.24, 2.45) is 0 Å². The number of rotatable bonds is 5. The first-order chi connectivity index (χ1) is 11.7. The van der Waals surface area contributed by atoms with Gasteiger partial charge in [0.05, 0.1) is 0 Å². The minimum atomic E-state index is 0.574. The maximum absolute atomic E-state index is 4.80. The lowest BCUT2D eigenvalue weighted by atomic mass is 10.0. The van der Waals surface area contributed by atoms with Crippen LogP contribution in [0.1, 0.15) is 49.4 Å². The van der Waals surface area contributed by atoms with Crippen LogP contribution in [0, 0.1) is 13.8 Å². The van der Waals surface area contributed by atoms with E-state index in [1.54, 1.807) is 0 Å². The average molecular weight is 324 g/mol. The van der Waals surface area contributed by atoms with Gasteiger partial charge in [0.15, 0.2) is 0 Å². The van der Waals surface area contributed by atoms with E-state index >= 15 is 0 Å². The van der Waals surface area contributed by atoms with E-state index in [9.17, 15) is 0 Å². The lowest BCUT2D eigenvalue weighted by molar-refractivity contribution is 0.443. The fourth-order valence-corrected chi connectivity index (χ4v) is 3.47. The zero-order valence-electron chi connectivity index (χ0n) is 15.0. The summed E-state index contributed by atoms with van der Waals surface area (Å²) in [4.78, 5) is 11.9. The molecular formula is C20H28N4. The van der Waals surface area contributed by atoms with Crippen LogP contribution in [0.2, 0.25) is 0 Å². The summed E-state index contributed by atoms with van der Waals surface area (Å²) >= 11 is 0. The third kappa shape index (κ3) is 4.05. The van der Waals surface area contributed by atoms with Crippen LogP contribution in [0.25, 0.3) is 0 Å². The van der Waals surface area contributed by atoms with Gasteiger partial charge < -0.3 is 10.2 Å². The Hall–Kier alpha value is -2.10. The second-order valence-electron chi connectivity index (χ2n) is 6.79. The number of hydrogen-bond donors (Lipinski definition) is 1. The highest BCUT2D eigenvalue weighted by atomic mass is 15.3. The van der Waals surface area contributed by atoms with Crippen molar-refractivity contribution in [3.05, 3.63) is 47.2 Å². The number of aromatic nitrogens is 2. The Kier molecular flexibility index (Phi) is 5.34. The average Bonchev–Trinajstić information content (AvgIpc) is 2.59. The van der Waals surface area contributed by atoms with Gasteiger partial charge in [0, 0.05) is 30.9 Å². The van der Waals surface area contributed by atoms with Crippen molar-refractivity contribution in [3.63, 3.8) is 0 Å². The molecule has 3 rings (SSSR count). The predicted octanol–water partition coefficient (Wildman–Crippen LogP) is 4.47. The van der Waals surface area contributed by atoms with Crippen LogP contribution in [-0.2, 0) is 6.54 Å². The lowest BCUT2D eigenvalue weighted by Crippen LogP contribution is -2.40. The van der Waals surface area contributed by atoms with Gasteiger partial charge in [0.25, 0.3) is 0 Å². The van der Waals surface area contributed by atoms with Gasteiger partial charge in [-0.25, -0.2) is 4.98 Å². The smallest absolute Gasteiger partial charge is 0.227 e. The van der Waals surface area contributed by atoms with Crippen LogP contribution in [0.5, 0.6) is 0 Å². The molecule has 1 fully saturated rings. The molecule has 1 saturated heterocycles. The summed E-state index contributed by atoms with van der Waals surface area (Å²) in [5, 5.41) is 3.46. The third-order valence-corrected chi connectivity index (χ3v) is 4.75. The molecule has 0 amide bonds. The monoisotopic (exact) mass is 324 g/mol. The molecule has 1 atom stereocenters. The summed E-state index contributed by atoms with van der Waals surface area (Å²) in [6, 6.07) is 11.2. The zero-order chi connectivity index (χ0) is 16.9. The number of piperidine rings is 1. The molecule has 4 heteroatoms. The molecule has 24 heavy (non-hydrogen) atoms. The second-order valence-corrected chi connectivity index (χ2v) is 6.79. The normalized spacial score (nSPS) is 17.8. The number of anilines is 2. The van der Waals surface area contributed by atoms with E-state index in [1.807, 2.05) is 13.0 Å². The Labute approximate surface area is 145 Å². The molecule has 1 aromatic carbocycles. The van der Waals surface area contributed by atoms with Gasteiger partial charge in [-0.2, -0.15) is 4.98 Å². The van der Waals surface area contributed by atoms with E-state index in [-0.39, 0.29) is 0 Å². The molecule has 2 aromatic rings. The molecule has 1 aliphatic rings. The molecule has 0 saturated carbocycles. The molecule has 4 nitrogen and oxygen atoms in total. The van der Waals surface area contributed by atoms with Crippen molar-refractivity contribution in [1.29, 1.82) is 0 Å². The van der Waals surface area contributed by atoms with Gasteiger partial charge in [-0.1, -0.05) is 36.8 Å². The Balaban J connectivity index is 1.76. The van der Waals surface area contributed by atoms with Crippen LogP contribution in [-0.4, -0.2) is 22.6 Å². The van der Waals surface area contributed by atoms with Gasteiger partial charge in [-0.15, -0.1) is 0 Å². The lowest BCUT2D eigenvalue weighted by Gasteiger charge is -2.35. The number of benzene rings is 1. The molecule has 2 heterocycles. The Morgan fingerprint density at radius 1 is 1.17 bits per heavy atom. The highest BCUT2D eigenvalue weighted by Gasteiger charge is 2.23. The van der Waals surface area contributed by atoms with Crippen molar-refractivity contribution in [2.75, 3.05) is 16.8 Å². The molecule has 1 aromatic heterocycles. The molecule has 1 unspecified atom stereocenters. The Morgan fingerprint density at radius 3 is 2.83 bits per heavy atom. The van der Waals surface area contributed by atoms with Crippen molar-refractivity contribution < 1.29 is 0 Å². The Morgan fingerprint density at radius 2 is 2.04 bits per heavy atom. The summed E-state index contributed by atoms with van der Waals surface area (Å²) in [7, 11) is 0. The van der Waals surface area contributed by atoms with Crippen molar-refractivity contribution >= 4 is 11.8 Å². The third-order valence-electron chi connectivity index (χ3n) is 4.75. The SMILES string of the molecule is CCC1CCCCN1c1nc(C)cc(NCc2cccc(C)c2)n1. The maximum atomic E-state index is 4.80. The molecule has 0 radical (unpaired) electrons. The molecule has 0 spiro atoms. The topological polar surface area (TPSA) is 41.1 Å². The number of hydrogen-bond acceptors (Lipinski definition) is 4. The van der Waals surface area contributed by atoms with Gasteiger partial charge >= 0.3 is 0 Å². The van der Waals surface area contributed by atoms with Crippen LogP contribution in [0.4, 0.5) is 11.8 Å². The minimum Gasteiger partial charge on any atom is -0.366 e. The molecule has 0 bridgehead atoms. The molecule has 0 aliphatic carbocycles. The van der Waals surface area contributed by atoms with Crippen LogP contribution < -0.4 is 10.2 Å². The summed E-state index contributed by atoms with van der Waals surface area (Å²) in [5.74, 6) is 1.80. The van der Waals surface area contributed by atoms with Gasteiger partial charge in [0.1, 0.15) is 5.82 Å². The van der Waals surface area contributed by atoms with Crippen LogP contribution in [0.15, 0.2) is 30.3 Å². The van der Waals surface area contributed by atoms with E-state index in [0.29, 0.717) is 6.04 Å². The summed E-state index contributed by atoms with van der Waals surface area (Å²) < 4.78 is 0. The van der Waals surface area contributed by atoms with E-state index in [1.165, 1.54) is 30.4 Å². The molecule has 1 N–H and O–H groups in total. The van der Waals surface area contributed by atoms with Crippen LogP contribution >= 0.6 is 0 Å². The van der Waals surface area contributed by atoms with Gasteiger partial charge in [-0.05, 0) is 45.1 Å². The fourth-order valence-electron chi connectivity index (χ4n) is 3.47. The molecule has 1 aliphatic heterocycles. The van der Waals surface area contributed by atoms with Crippen molar-refractivity contribution in [1.82, 2.24) is 9.97 Å². The van der Waals surface area contributed by atoms with Crippen molar-refractivity contribution in [3.8, 4) is 0 Å². The molecular weight excluding hydrogens is 296 g/mol. The first-order valence-corrected chi connectivity index (χ1v) is 9.07. The zero-order valence-corrected chi connectivity index (χ0v) is 15.0. The van der Waals surface area contributed by atoms with Gasteiger partial charge in [0.2, 0.25) is 5.95 Å². The largest absolute Gasteiger partial charge is 0.366 e. The number of nitrogens with one attached hydrogen (secondary N) is 1. The minimum absolute atomic E-state index is 0.574.